The van der Waals surface area contributed by atoms with Gasteiger partial charge in [-0.25, -0.2) is 14.5 Å². The molecule has 0 fully saturated rings. The number of halogens is 3. The van der Waals surface area contributed by atoms with Crippen LogP contribution in [0.1, 0.15) is 60.0 Å². The van der Waals surface area contributed by atoms with Crippen molar-refractivity contribution in [3.63, 3.8) is 0 Å². The lowest BCUT2D eigenvalue weighted by Crippen LogP contribution is -2.24. The average Bonchev–Trinajstić information content (AvgIpc) is 3.16. The van der Waals surface area contributed by atoms with E-state index in [1.807, 2.05) is 19.9 Å². The summed E-state index contributed by atoms with van der Waals surface area (Å²) in [4.78, 5) is 32.7. The zero-order chi connectivity index (χ0) is 23.3. The zero-order valence-electron chi connectivity index (χ0n) is 17.6. The molecule has 0 saturated carbocycles. The van der Waals surface area contributed by atoms with Crippen LogP contribution >= 0.6 is 0 Å². The highest BCUT2D eigenvalue weighted by Gasteiger charge is 2.27. The van der Waals surface area contributed by atoms with Crippen molar-refractivity contribution in [3.8, 4) is 0 Å². The Kier molecular flexibility index (Phi) is 7.06. The third-order valence-corrected chi connectivity index (χ3v) is 4.58. The predicted octanol–water partition coefficient (Wildman–Crippen LogP) is 3.14. The standard InChI is InChI=1S/C21H23F3N6O2/c1-13(2)16-4-3-5-17(29-16)20(32)26-11-15-12-30-18(28-15)8-14(10-27-30)9-25-19(31)6-7-21(22,23)24/h3-5,8,10,12-13H,6-7,9,11H2,1-2H3,(H,25,31)(H,26,32). The van der Waals surface area contributed by atoms with Gasteiger partial charge in [-0.3, -0.25) is 9.59 Å². The molecule has 32 heavy (non-hydrogen) atoms. The van der Waals surface area contributed by atoms with Gasteiger partial charge in [0, 0.05) is 18.7 Å². The molecular weight excluding hydrogens is 425 g/mol. The van der Waals surface area contributed by atoms with Crippen molar-refractivity contribution in [1.29, 1.82) is 0 Å². The summed E-state index contributed by atoms with van der Waals surface area (Å²) in [7, 11) is 0. The predicted molar refractivity (Wildman–Crippen MR) is 110 cm³/mol. The topological polar surface area (TPSA) is 101 Å². The third-order valence-electron chi connectivity index (χ3n) is 4.58. The highest BCUT2D eigenvalue weighted by molar-refractivity contribution is 5.92. The molecule has 11 heteroatoms. The Hall–Kier alpha value is -3.50. The highest BCUT2D eigenvalue weighted by atomic mass is 19.4. The van der Waals surface area contributed by atoms with Gasteiger partial charge in [0.2, 0.25) is 5.91 Å². The first kappa shape index (κ1) is 23.2. The fourth-order valence-corrected chi connectivity index (χ4v) is 2.85. The summed E-state index contributed by atoms with van der Waals surface area (Å²) in [5.74, 6) is -0.806. The molecule has 3 aromatic rings. The number of nitrogens with zero attached hydrogens (tertiary/aromatic N) is 4. The molecule has 0 radical (unpaired) electrons. The number of carbonyl (C=O) groups excluding carboxylic acids is 2. The van der Waals surface area contributed by atoms with E-state index in [1.54, 1.807) is 24.4 Å². The summed E-state index contributed by atoms with van der Waals surface area (Å²) in [6.45, 7) is 4.20. The Morgan fingerprint density at radius 1 is 1.12 bits per heavy atom. The molecule has 0 spiro atoms. The van der Waals surface area contributed by atoms with Crippen LogP contribution in [0.3, 0.4) is 0 Å². The second kappa shape index (κ2) is 9.75. The molecule has 2 N–H and O–H groups in total. The Labute approximate surface area is 182 Å². The number of aromatic nitrogens is 4. The molecule has 0 unspecified atom stereocenters. The van der Waals surface area contributed by atoms with E-state index in [9.17, 15) is 22.8 Å². The van der Waals surface area contributed by atoms with Crippen molar-refractivity contribution in [1.82, 2.24) is 30.2 Å². The number of fused-ring (bicyclic) bond motifs is 1. The van der Waals surface area contributed by atoms with Gasteiger partial charge in [-0.15, -0.1) is 0 Å². The van der Waals surface area contributed by atoms with Crippen LogP contribution in [0.5, 0.6) is 0 Å². The van der Waals surface area contributed by atoms with E-state index in [4.69, 9.17) is 0 Å². The minimum atomic E-state index is -4.37. The monoisotopic (exact) mass is 448 g/mol. The van der Waals surface area contributed by atoms with Crippen molar-refractivity contribution in [2.24, 2.45) is 0 Å². The van der Waals surface area contributed by atoms with Crippen molar-refractivity contribution >= 4 is 17.5 Å². The molecule has 0 saturated heterocycles. The third kappa shape index (κ3) is 6.50. The average molecular weight is 448 g/mol. The van der Waals surface area contributed by atoms with Crippen LogP contribution in [-0.4, -0.2) is 37.6 Å². The number of hydrogen-bond donors (Lipinski definition) is 2. The maximum Gasteiger partial charge on any atom is 0.389 e. The maximum absolute atomic E-state index is 12.4. The van der Waals surface area contributed by atoms with Crippen LogP contribution in [0.15, 0.2) is 36.7 Å². The Morgan fingerprint density at radius 3 is 2.62 bits per heavy atom. The van der Waals surface area contributed by atoms with Gasteiger partial charge in [0.05, 0.1) is 31.1 Å². The number of rotatable bonds is 8. The van der Waals surface area contributed by atoms with Gasteiger partial charge in [0.15, 0.2) is 5.65 Å². The maximum atomic E-state index is 12.4. The fourth-order valence-electron chi connectivity index (χ4n) is 2.85. The lowest BCUT2D eigenvalue weighted by molar-refractivity contribution is -0.144. The number of amides is 2. The molecule has 3 aromatic heterocycles. The van der Waals surface area contributed by atoms with Gasteiger partial charge in [-0.1, -0.05) is 19.9 Å². The molecule has 3 heterocycles. The van der Waals surface area contributed by atoms with Gasteiger partial charge < -0.3 is 10.6 Å². The second-order valence-electron chi connectivity index (χ2n) is 7.58. The van der Waals surface area contributed by atoms with Crippen molar-refractivity contribution in [2.45, 2.75) is 51.9 Å². The lowest BCUT2D eigenvalue weighted by atomic mass is 10.1. The van der Waals surface area contributed by atoms with Crippen LogP contribution in [0.2, 0.25) is 0 Å². The molecular formula is C21H23F3N6O2. The van der Waals surface area contributed by atoms with Crippen molar-refractivity contribution < 1.29 is 22.8 Å². The van der Waals surface area contributed by atoms with E-state index < -0.39 is 24.9 Å². The van der Waals surface area contributed by atoms with E-state index in [0.29, 0.717) is 22.6 Å². The van der Waals surface area contributed by atoms with Crippen LogP contribution in [0, 0.1) is 0 Å². The molecule has 0 atom stereocenters. The molecule has 2 amide bonds. The Balaban J connectivity index is 1.57. The summed E-state index contributed by atoms with van der Waals surface area (Å²) < 4.78 is 38.1. The van der Waals surface area contributed by atoms with Gasteiger partial charge in [0.1, 0.15) is 5.69 Å². The largest absolute Gasteiger partial charge is 0.389 e. The van der Waals surface area contributed by atoms with E-state index in [-0.39, 0.29) is 24.9 Å². The quantitative estimate of drug-likeness (QED) is 0.551. The molecule has 170 valence electrons. The second-order valence-corrected chi connectivity index (χ2v) is 7.58. The fraction of sp³-hybridized carbons (Fsp3) is 0.381. The molecule has 3 rings (SSSR count). The summed E-state index contributed by atoms with van der Waals surface area (Å²) >= 11 is 0. The lowest BCUT2D eigenvalue weighted by Gasteiger charge is -2.07. The molecule has 0 bridgehead atoms. The van der Waals surface area contributed by atoms with E-state index in [1.165, 1.54) is 10.7 Å². The van der Waals surface area contributed by atoms with Crippen molar-refractivity contribution in [2.75, 3.05) is 0 Å². The summed E-state index contributed by atoms with van der Waals surface area (Å²) in [6, 6.07) is 6.96. The first-order chi connectivity index (χ1) is 15.1. The number of nitrogens with one attached hydrogen (secondary N) is 2. The van der Waals surface area contributed by atoms with E-state index >= 15 is 0 Å². The van der Waals surface area contributed by atoms with Gasteiger partial charge in [-0.05, 0) is 29.7 Å². The van der Waals surface area contributed by atoms with Gasteiger partial charge in [-0.2, -0.15) is 18.3 Å². The Bertz CT molecular complexity index is 1110. The SMILES string of the molecule is CC(C)c1cccc(C(=O)NCc2cn3ncc(CNC(=O)CCC(F)(F)F)cc3n2)n1. The molecule has 0 aliphatic carbocycles. The molecule has 0 aliphatic heterocycles. The van der Waals surface area contributed by atoms with Gasteiger partial charge in [0.25, 0.3) is 5.91 Å². The molecule has 8 nitrogen and oxygen atoms in total. The smallest absolute Gasteiger partial charge is 0.352 e. The number of pyridine rings is 1. The number of imidazole rings is 1. The van der Waals surface area contributed by atoms with Crippen LogP contribution in [0.25, 0.3) is 5.65 Å². The van der Waals surface area contributed by atoms with Crippen LogP contribution in [0.4, 0.5) is 13.2 Å². The Morgan fingerprint density at radius 2 is 1.91 bits per heavy atom. The first-order valence-electron chi connectivity index (χ1n) is 10.0. The zero-order valence-corrected chi connectivity index (χ0v) is 17.6. The normalized spacial score (nSPS) is 11.7. The minimum Gasteiger partial charge on any atom is -0.352 e. The first-order valence-corrected chi connectivity index (χ1v) is 10.0. The number of alkyl halides is 3. The number of carbonyl (C=O) groups is 2. The summed E-state index contributed by atoms with van der Waals surface area (Å²) in [6.07, 6.45) is -3.02. The minimum absolute atomic E-state index is 0.0387. The van der Waals surface area contributed by atoms with Gasteiger partial charge >= 0.3 is 6.18 Å². The summed E-state index contributed by atoms with van der Waals surface area (Å²) in [5.41, 5.74) is 2.79. The summed E-state index contributed by atoms with van der Waals surface area (Å²) in [5, 5.41) is 9.38. The van der Waals surface area contributed by atoms with Crippen molar-refractivity contribution in [3.05, 3.63) is 59.3 Å². The molecule has 0 aromatic carbocycles. The van der Waals surface area contributed by atoms with Crippen LogP contribution in [-0.2, 0) is 17.9 Å². The number of hydrogen-bond acceptors (Lipinski definition) is 5. The van der Waals surface area contributed by atoms with E-state index in [2.05, 4.69) is 25.7 Å². The van der Waals surface area contributed by atoms with Crippen LogP contribution < -0.4 is 10.6 Å². The highest BCUT2D eigenvalue weighted by Crippen LogP contribution is 2.21. The van der Waals surface area contributed by atoms with E-state index in [0.717, 1.165) is 5.69 Å². The molecule has 0 aliphatic rings.